The van der Waals surface area contributed by atoms with Crippen LogP contribution in [0.2, 0.25) is 10.0 Å². The molecule has 0 amide bonds. The average Bonchev–Trinajstić information content (AvgIpc) is 2.44. The van der Waals surface area contributed by atoms with Crippen LogP contribution in [0.4, 0.5) is 11.4 Å². The standard InChI is InChI=1S/C17H17Cl2NO2/c1-11(2)22-16(21)10-12-6-3-4-9-15(12)20-17-13(18)7-5-8-14(17)19/h3-9,11,20H,10H2,1-2H3. The van der Waals surface area contributed by atoms with Crippen LogP contribution < -0.4 is 5.32 Å². The summed E-state index contributed by atoms with van der Waals surface area (Å²) in [5, 5.41) is 4.24. The Hall–Kier alpha value is -1.71. The van der Waals surface area contributed by atoms with Gasteiger partial charge in [0.1, 0.15) is 0 Å². The molecule has 0 saturated carbocycles. The van der Waals surface area contributed by atoms with Gasteiger partial charge in [-0.1, -0.05) is 47.5 Å². The van der Waals surface area contributed by atoms with Crippen molar-refractivity contribution in [2.45, 2.75) is 26.4 Å². The predicted octanol–water partition coefficient (Wildman–Crippen LogP) is 5.23. The largest absolute Gasteiger partial charge is 0.463 e. The van der Waals surface area contributed by atoms with Crippen LogP contribution in [-0.2, 0) is 16.0 Å². The van der Waals surface area contributed by atoms with E-state index in [-0.39, 0.29) is 18.5 Å². The van der Waals surface area contributed by atoms with E-state index in [1.165, 1.54) is 0 Å². The molecule has 1 N–H and O–H groups in total. The minimum atomic E-state index is -0.269. The highest BCUT2D eigenvalue weighted by Gasteiger charge is 2.12. The zero-order valence-electron chi connectivity index (χ0n) is 12.4. The molecule has 0 fully saturated rings. The van der Waals surface area contributed by atoms with E-state index in [2.05, 4.69) is 5.32 Å². The van der Waals surface area contributed by atoms with Crippen molar-refractivity contribution in [3.63, 3.8) is 0 Å². The SMILES string of the molecule is CC(C)OC(=O)Cc1ccccc1Nc1c(Cl)cccc1Cl. The molecular formula is C17H17Cl2NO2. The lowest BCUT2D eigenvalue weighted by molar-refractivity contribution is -0.146. The quantitative estimate of drug-likeness (QED) is 0.759. The van der Waals surface area contributed by atoms with Gasteiger partial charge in [0, 0.05) is 5.69 Å². The summed E-state index contributed by atoms with van der Waals surface area (Å²) in [6.45, 7) is 3.65. The summed E-state index contributed by atoms with van der Waals surface area (Å²) in [4.78, 5) is 11.9. The van der Waals surface area contributed by atoms with Gasteiger partial charge in [-0.05, 0) is 37.6 Å². The molecule has 22 heavy (non-hydrogen) atoms. The van der Waals surface area contributed by atoms with E-state index in [0.29, 0.717) is 15.7 Å². The van der Waals surface area contributed by atoms with Crippen LogP contribution in [0.15, 0.2) is 42.5 Å². The molecule has 0 saturated heterocycles. The topological polar surface area (TPSA) is 38.3 Å². The second-order valence-corrected chi connectivity index (χ2v) is 5.91. The van der Waals surface area contributed by atoms with Gasteiger partial charge < -0.3 is 10.1 Å². The number of ether oxygens (including phenoxy) is 1. The molecule has 5 heteroatoms. The number of rotatable bonds is 5. The summed E-state index contributed by atoms with van der Waals surface area (Å²) in [6, 6.07) is 12.8. The Bertz CT molecular complexity index is 651. The van der Waals surface area contributed by atoms with Gasteiger partial charge in [-0.25, -0.2) is 0 Å². The fourth-order valence-corrected chi connectivity index (χ4v) is 2.50. The Labute approximate surface area is 140 Å². The number of para-hydroxylation sites is 2. The maximum atomic E-state index is 11.9. The lowest BCUT2D eigenvalue weighted by atomic mass is 10.1. The molecule has 0 unspecified atom stereocenters. The number of hydrogen-bond acceptors (Lipinski definition) is 3. The zero-order chi connectivity index (χ0) is 16.1. The van der Waals surface area contributed by atoms with Crippen molar-refractivity contribution in [2.75, 3.05) is 5.32 Å². The van der Waals surface area contributed by atoms with Crippen molar-refractivity contribution >= 4 is 40.5 Å². The van der Waals surface area contributed by atoms with Gasteiger partial charge in [0.05, 0.1) is 28.3 Å². The van der Waals surface area contributed by atoms with Crippen LogP contribution in [0.1, 0.15) is 19.4 Å². The normalized spacial score (nSPS) is 10.6. The summed E-state index contributed by atoms with van der Waals surface area (Å²) in [6.07, 6.45) is 0.0503. The fourth-order valence-electron chi connectivity index (χ4n) is 2.01. The van der Waals surface area contributed by atoms with E-state index in [1.54, 1.807) is 18.2 Å². The van der Waals surface area contributed by atoms with E-state index < -0.39 is 0 Å². The zero-order valence-corrected chi connectivity index (χ0v) is 13.9. The van der Waals surface area contributed by atoms with Gasteiger partial charge in [-0.2, -0.15) is 0 Å². The number of halogens is 2. The van der Waals surface area contributed by atoms with Crippen molar-refractivity contribution < 1.29 is 9.53 Å². The van der Waals surface area contributed by atoms with Crippen LogP contribution in [0, 0.1) is 0 Å². The Balaban J connectivity index is 2.23. The Morgan fingerprint density at radius 3 is 2.36 bits per heavy atom. The van der Waals surface area contributed by atoms with Gasteiger partial charge in [-0.3, -0.25) is 4.79 Å². The van der Waals surface area contributed by atoms with Crippen LogP contribution in [0.25, 0.3) is 0 Å². The third-order valence-electron chi connectivity index (χ3n) is 2.94. The molecule has 0 aromatic heterocycles. The maximum Gasteiger partial charge on any atom is 0.310 e. The molecule has 2 aromatic carbocycles. The molecule has 0 spiro atoms. The van der Waals surface area contributed by atoms with E-state index in [9.17, 15) is 4.79 Å². The highest BCUT2D eigenvalue weighted by Crippen LogP contribution is 2.33. The number of anilines is 2. The lowest BCUT2D eigenvalue weighted by Gasteiger charge is -2.15. The molecule has 2 rings (SSSR count). The number of nitrogens with one attached hydrogen (secondary N) is 1. The highest BCUT2D eigenvalue weighted by molar-refractivity contribution is 6.39. The van der Waals surface area contributed by atoms with E-state index in [1.807, 2.05) is 38.1 Å². The lowest BCUT2D eigenvalue weighted by Crippen LogP contribution is -2.14. The first kappa shape index (κ1) is 16.7. The van der Waals surface area contributed by atoms with Crippen LogP contribution in [0.5, 0.6) is 0 Å². The number of esters is 1. The van der Waals surface area contributed by atoms with Crippen molar-refractivity contribution in [3.8, 4) is 0 Å². The van der Waals surface area contributed by atoms with Crippen molar-refractivity contribution in [1.29, 1.82) is 0 Å². The van der Waals surface area contributed by atoms with Crippen molar-refractivity contribution in [1.82, 2.24) is 0 Å². The third kappa shape index (κ3) is 4.39. The summed E-state index contributed by atoms with van der Waals surface area (Å²) >= 11 is 12.3. The molecule has 2 aromatic rings. The Morgan fingerprint density at radius 2 is 1.73 bits per heavy atom. The number of hydrogen-bond donors (Lipinski definition) is 1. The molecule has 0 aliphatic rings. The van der Waals surface area contributed by atoms with Crippen molar-refractivity contribution in [2.24, 2.45) is 0 Å². The van der Waals surface area contributed by atoms with Gasteiger partial charge in [0.15, 0.2) is 0 Å². The van der Waals surface area contributed by atoms with Gasteiger partial charge in [0.25, 0.3) is 0 Å². The molecule has 116 valence electrons. The summed E-state index contributed by atoms with van der Waals surface area (Å²) in [7, 11) is 0. The van der Waals surface area contributed by atoms with Crippen LogP contribution in [0.3, 0.4) is 0 Å². The number of benzene rings is 2. The molecule has 0 radical (unpaired) electrons. The van der Waals surface area contributed by atoms with Gasteiger partial charge >= 0.3 is 5.97 Å². The van der Waals surface area contributed by atoms with Gasteiger partial charge in [0.2, 0.25) is 0 Å². The second kappa shape index (κ2) is 7.52. The minimum Gasteiger partial charge on any atom is -0.463 e. The molecule has 0 bridgehead atoms. The molecule has 3 nitrogen and oxygen atoms in total. The molecule has 0 atom stereocenters. The Morgan fingerprint density at radius 1 is 1.09 bits per heavy atom. The smallest absolute Gasteiger partial charge is 0.310 e. The van der Waals surface area contributed by atoms with E-state index >= 15 is 0 Å². The number of carbonyl (C=O) groups is 1. The fraction of sp³-hybridized carbons (Fsp3) is 0.235. The molecule has 0 aliphatic carbocycles. The first-order valence-electron chi connectivity index (χ1n) is 6.96. The molecular weight excluding hydrogens is 321 g/mol. The predicted molar refractivity (Wildman–Crippen MR) is 91.1 cm³/mol. The first-order chi connectivity index (χ1) is 10.5. The molecule has 0 aliphatic heterocycles. The van der Waals surface area contributed by atoms with Crippen molar-refractivity contribution in [3.05, 3.63) is 58.1 Å². The van der Waals surface area contributed by atoms with Crippen LogP contribution >= 0.6 is 23.2 Å². The first-order valence-corrected chi connectivity index (χ1v) is 7.71. The minimum absolute atomic E-state index is 0.134. The maximum absolute atomic E-state index is 11.9. The monoisotopic (exact) mass is 337 g/mol. The van der Waals surface area contributed by atoms with E-state index in [0.717, 1.165) is 11.3 Å². The van der Waals surface area contributed by atoms with E-state index in [4.69, 9.17) is 27.9 Å². The summed E-state index contributed by atoms with van der Waals surface area (Å²) < 4.78 is 5.19. The average molecular weight is 338 g/mol. The third-order valence-corrected chi connectivity index (χ3v) is 3.57. The molecule has 0 heterocycles. The summed E-state index contributed by atoms with van der Waals surface area (Å²) in [5.41, 5.74) is 2.22. The highest BCUT2D eigenvalue weighted by atomic mass is 35.5. The van der Waals surface area contributed by atoms with Gasteiger partial charge in [-0.15, -0.1) is 0 Å². The van der Waals surface area contributed by atoms with Crippen LogP contribution in [-0.4, -0.2) is 12.1 Å². The number of carbonyl (C=O) groups excluding carboxylic acids is 1. The Kier molecular flexibility index (Phi) is 5.69. The second-order valence-electron chi connectivity index (χ2n) is 5.09. The summed E-state index contributed by atoms with van der Waals surface area (Å²) in [5.74, 6) is -0.269.